The molecule has 0 unspecified atom stereocenters. The van der Waals surface area contributed by atoms with Gasteiger partial charge in [-0.15, -0.1) is 0 Å². The Labute approximate surface area is 161 Å². The van der Waals surface area contributed by atoms with Gasteiger partial charge < -0.3 is 14.7 Å². The SMILES string of the molecule is COC(=O)[C@H]1[C@H](C(=O)O)C(=O)N(c2ccc(C)cc2)[C@@H]1c1ccc(Cl)cc1. The molecule has 3 rings (SSSR count). The van der Waals surface area contributed by atoms with E-state index in [4.69, 9.17) is 16.3 Å². The number of hydrogen-bond acceptors (Lipinski definition) is 4. The second-order valence-electron chi connectivity index (χ2n) is 6.41. The fraction of sp³-hybridized carbons (Fsp3) is 0.250. The third-order valence-corrected chi connectivity index (χ3v) is 5.00. The number of ether oxygens (including phenoxy) is 1. The molecule has 0 aliphatic carbocycles. The lowest BCUT2D eigenvalue weighted by Gasteiger charge is -2.28. The molecule has 0 saturated carbocycles. The predicted molar refractivity (Wildman–Crippen MR) is 99.5 cm³/mol. The number of carboxylic acid groups (broad SMARTS) is 1. The number of anilines is 1. The molecule has 0 bridgehead atoms. The van der Waals surface area contributed by atoms with E-state index < -0.39 is 35.7 Å². The van der Waals surface area contributed by atoms with Crippen molar-refractivity contribution in [3.8, 4) is 0 Å². The number of aryl methyl sites for hydroxylation is 1. The molecular weight excluding hydrogens is 370 g/mol. The second-order valence-corrected chi connectivity index (χ2v) is 6.84. The number of carbonyl (C=O) groups excluding carboxylic acids is 2. The standard InChI is InChI=1S/C20H18ClNO5/c1-11-3-9-14(10-4-11)22-17(12-5-7-13(21)8-6-12)15(20(26)27-2)16(18(22)23)19(24)25/h3-10,15-17H,1-2H3,(H,24,25)/t15-,16-,17+/m0/s1. The molecule has 1 saturated heterocycles. The first-order chi connectivity index (χ1) is 12.8. The first-order valence-corrected chi connectivity index (χ1v) is 8.68. The summed E-state index contributed by atoms with van der Waals surface area (Å²) in [6.07, 6.45) is 0. The summed E-state index contributed by atoms with van der Waals surface area (Å²) in [5, 5.41) is 10.1. The maximum atomic E-state index is 13.0. The summed E-state index contributed by atoms with van der Waals surface area (Å²) in [5.74, 6) is -5.46. The largest absolute Gasteiger partial charge is 0.481 e. The molecule has 3 atom stereocenters. The summed E-state index contributed by atoms with van der Waals surface area (Å²) < 4.78 is 4.83. The van der Waals surface area contributed by atoms with Crippen LogP contribution in [0.15, 0.2) is 48.5 Å². The molecule has 1 aliphatic heterocycles. The zero-order valence-electron chi connectivity index (χ0n) is 14.8. The van der Waals surface area contributed by atoms with Crippen molar-refractivity contribution in [3.63, 3.8) is 0 Å². The number of hydrogen-bond donors (Lipinski definition) is 1. The highest BCUT2D eigenvalue weighted by Gasteiger charge is 2.56. The molecule has 2 aromatic carbocycles. The number of carboxylic acids is 1. The van der Waals surface area contributed by atoms with Crippen molar-refractivity contribution in [2.75, 3.05) is 12.0 Å². The molecule has 0 spiro atoms. The van der Waals surface area contributed by atoms with Crippen LogP contribution < -0.4 is 4.90 Å². The van der Waals surface area contributed by atoms with Crippen molar-refractivity contribution in [2.45, 2.75) is 13.0 Å². The average molecular weight is 388 g/mol. The van der Waals surface area contributed by atoms with Gasteiger partial charge in [-0.2, -0.15) is 0 Å². The Bertz CT molecular complexity index is 878. The minimum atomic E-state index is -1.53. The van der Waals surface area contributed by atoms with Gasteiger partial charge in [-0.1, -0.05) is 41.4 Å². The third-order valence-electron chi connectivity index (χ3n) is 4.74. The highest BCUT2D eigenvalue weighted by Crippen LogP contribution is 2.45. The van der Waals surface area contributed by atoms with E-state index in [2.05, 4.69) is 0 Å². The van der Waals surface area contributed by atoms with Crippen molar-refractivity contribution >= 4 is 35.1 Å². The van der Waals surface area contributed by atoms with Crippen molar-refractivity contribution in [3.05, 3.63) is 64.7 Å². The molecule has 7 heteroatoms. The topological polar surface area (TPSA) is 83.9 Å². The first-order valence-electron chi connectivity index (χ1n) is 8.31. The lowest BCUT2D eigenvalue weighted by Crippen LogP contribution is -2.32. The van der Waals surface area contributed by atoms with Gasteiger partial charge in [0, 0.05) is 10.7 Å². The summed E-state index contributed by atoms with van der Waals surface area (Å²) in [5.41, 5.74) is 2.11. The molecule has 27 heavy (non-hydrogen) atoms. The van der Waals surface area contributed by atoms with E-state index in [-0.39, 0.29) is 0 Å². The molecule has 0 radical (unpaired) electrons. The molecule has 140 valence electrons. The smallest absolute Gasteiger partial charge is 0.317 e. The quantitative estimate of drug-likeness (QED) is 0.643. The highest BCUT2D eigenvalue weighted by molar-refractivity contribution is 6.30. The van der Waals surface area contributed by atoms with E-state index in [1.165, 1.54) is 12.0 Å². The number of aliphatic carboxylic acids is 1. The Kier molecular flexibility index (Phi) is 5.19. The van der Waals surface area contributed by atoms with E-state index in [0.717, 1.165) is 5.56 Å². The van der Waals surface area contributed by atoms with E-state index >= 15 is 0 Å². The van der Waals surface area contributed by atoms with Crippen LogP contribution in [0.4, 0.5) is 5.69 Å². The fourth-order valence-corrected chi connectivity index (χ4v) is 3.58. The molecular formula is C20H18ClNO5. The number of methoxy groups -OCH3 is 1. The van der Waals surface area contributed by atoms with Gasteiger partial charge in [0.1, 0.15) is 5.92 Å². The van der Waals surface area contributed by atoms with Gasteiger partial charge in [-0.3, -0.25) is 14.4 Å². The van der Waals surface area contributed by atoms with Crippen molar-refractivity contribution in [1.82, 2.24) is 0 Å². The van der Waals surface area contributed by atoms with Crippen LogP contribution in [0.2, 0.25) is 5.02 Å². The molecule has 2 aromatic rings. The minimum Gasteiger partial charge on any atom is -0.481 e. The Hall–Kier alpha value is -2.86. The summed E-state index contributed by atoms with van der Waals surface area (Å²) in [4.78, 5) is 38.7. The van der Waals surface area contributed by atoms with Crippen molar-refractivity contribution in [1.29, 1.82) is 0 Å². The second kappa shape index (κ2) is 7.40. The Morgan fingerprint density at radius 3 is 2.19 bits per heavy atom. The average Bonchev–Trinajstić information content (AvgIpc) is 2.95. The third kappa shape index (κ3) is 3.40. The zero-order valence-corrected chi connectivity index (χ0v) is 15.5. The number of carbonyl (C=O) groups is 3. The van der Waals surface area contributed by atoms with E-state index in [1.807, 2.05) is 19.1 Å². The molecule has 1 amide bonds. The summed E-state index contributed by atoms with van der Waals surface area (Å²) in [6.45, 7) is 1.91. The first kappa shape index (κ1) is 18.9. The lowest BCUT2D eigenvalue weighted by atomic mass is 9.86. The van der Waals surface area contributed by atoms with E-state index in [9.17, 15) is 19.5 Å². The Balaban J connectivity index is 2.19. The van der Waals surface area contributed by atoms with Gasteiger partial charge in [0.15, 0.2) is 5.92 Å². The monoisotopic (exact) mass is 387 g/mol. The van der Waals surface area contributed by atoms with Gasteiger partial charge in [-0.05, 0) is 36.8 Å². The fourth-order valence-electron chi connectivity index (χ4n) is 3.45. The van der Waals surface area contributed by atoms with Gasteiger partial charge in [0.25, 0.3) is 0 Å². The number of amides is 1. The molecule has 1 fully saturated rings. The van der Waals surface area contributed by atoms with E-state index in [0.29, 0.717) is 16.3 Å². The van der Waals surface area contributed by atoms with Crippen LogP contribution in [-0.2, 0) is 19.1 Å². The normalized spacial score (nSPS) is 22.0. The van der Waals surface area contributed by atoms with Crippen LogP contribution in [0.3, 0.4) is 0 Å². The van der Waals surface area contributed by atoms with Crippen LogP contribution in [0.1, 0.15) is 17.2 Å². The number of halogens is 1. The molecule has 1 N–H and O–H groups in total. The number of esters is 1. The number of nitrogens with zero attached hydrogens (tertiary/aromatic N) is 1. The maximum absolute atomic E-state index is 13.0. The summed E-state index contributed by atoms with van der Waals surface area (Å²) >= 11 is 5.96. The van der Waals surface area contributed by atoms with Crippen LogP contribution in [0, 0.1) is 18.8 Å². The number of benzene rings is 2. The predicted octanol–water partition coefficient (Wildman–Crippen LogP) is 3.23. The molecule has 1 aliphatic rings. The molecule has 1 heterocycles. The number of rotatable bonds is 4. The zero-order chi connectivity index (χ0) is 19.7. The van der Waals surface area contributed by atoms with Crippen LogP contribution in [-0.4, -0.2) is 30.1 Å². The highest BCUT2D eigenvalue weighted by atomic mass is 35.5. The maximum Gasteiger partial charge on any atom is 0.317 e. The van der Waals surface area contributed by atoms with E-state index in [1.54, 1.807) is 36.4 Å². The summed E-state index contributed by atoms with van der Waals surface area (Å²) in [7, 11) is 1.18. The Morgan fingerprint density at radius 1 is 1.07 bits per heavy atom. The van der Waals surface area contributed by atoms with Gasteiger partial charge in [0.05, 0.1) is 13.2 Å². The Morgan fingerprint density at radius 2 is 1.67 bits per heavy atom. The van der Waals surface area contributed by atoms with Gasteiger partial charge in [0.2, 0.25) is 5.91 Å². The van der Waals surface area contributed by atoms with Crippen LogP contribution in [0.5, 0.6) is 0 Å². The van der Waals surface area contributed by atoms with Crippen LogP contribution in [0.25, 0.3) is 0 Å². The van der Waals surface area contributed by atoms with Crippen molar-refractivity contribution < 1.29 is 24.2 Å². The summed E-state index contributed by atoms with van der Waals surface area (Å²) in [6, 6.07) is 12.9. The molecule has 0 aromatic heterocycles. The van der Waals surface area contributed by atoms with Gasteiger partial charge in [-0.25, -0.2) is 0 Å². The van der Waals surface area contributed by atoms with Gasteiger partial charge >= 0.3 is 11.9 Å². The lowest BCUT2D eigenvalue weighted by molar-refractivity contribution is -0.156. The van der Waals surface area contributed by atoms with Crippen LogP contribution >= 0.6 is 11.6 Å². The minimum absolute atomic E-state index is 0.495. The van der Waals surface area contributed by atoms with Crippen molar-refractivity contribution in [2.24, 2.45) is 11.8 Å². The molecule has 6 nitrogen and oxygen atoms in total.